The number of hydrogen-bond acceptors (Lipinski definition) is 12. The Bertz CT molecular complexity index is 1500. The molecule has 3 aliphatic rings. The number of thioether (sulfide) groups is 1. The third-order valence-corrected chi connectivity index (χ3v) is 11.1. The number of nitrogens with zero attached hydrogens (tertiary/aromatic N) is 4. The number of likely N-dealkylation sites (N-methyl/N-ethyl adjacent to an activating group) is 1. The number of phenols is 1. The van der Waals surface area contributed by atoms with E-state index in [2.05, 4.69) is 21.6 Å². The lowest BCUT2D eigenvalue weighted by Gasteiger charge is -2.28. The van der Waals surface area contributed by atoms with Gasteiger partial charge in [-0.1, -0.05) is 18.6 Å². The molecule has 0 spiro atoms. The third-order valence-electron chi connectivity index (χ3n) is 8.38. The Labute approximate surface area is 277 Å². The average molecular weight is 671 g/mol. The molecule has 0 saturated carbocycles. The molecule has 2 aromatic heterocycles. The number of Topliss-reactive ketones (excluding diaryl/α,β-unsaturated/α-hetero) is 1. The molecule has 0 unspecified atom stereocenters. The first-order valence-corrected chi connectivity index (χ1v) is 17.8. The summed E-state index contributed by atoms with van der Waals surface area (Å²) < 4.78 is 12.5. The van der Waals surface area contributed by atoms with Gasteiger partial charge in [0.05, 0.1) is 61.9 Å². The molecular formula is C32H42N6O6S2. The normalized spacial score (nSPS) is 21.1. The van der Waals surface area contributed by atoms with Crippen LogP contribution >= 0.6 is 23.1 Å². The summed E-state index contributed by atoms with van der Waals surface area (Å²) in [5.41, 5.74) is 1.66. The van der Waals surface area contributed by atoms with E-state index in [9.17, 15) is 14.7 Å². The largest absolute Gasteiger partial charge is 0.508 e. The van der Waals surface area contributed by atoms with Crippen LogP contribution in [-0.4, -0.2) is 115 Å². The first-order chi connectivity index (χ1) is 22.4. The Balaban J connectivity index is 0.905. The maximum absolute atomic E-state index is 12.4. The number of amides is 2. The van der Waals surface area contributed by atoms with Crippen LogP contribution in [0, 0.1) is 0 Å². The molecule has 0 radical (unpaired) electrons. The minimum absolute atomic E-state index is 0.0601. The van der Waals surface area contributed by atoms with Gasteiger partial charge >= 0.3 is 6.03 Å². The van der Waals surface area contributed by atoms with Crippen LogP contribution in [0.1, 0.15) is 30.6 Å². The van der Waals surface area contributed by atoms with Crippen molar-refractivity contribution in [3.05, 3.63) is 35.2 Å². The maximum atomic E-state index is 12.4. The van der Waals surface area contributed by atoms with Crippen molar-refractivity contribution in [1.29, 1.82) is 0 Å². The summed E-state index contributed by atoms with van der Waals surface area (Å²) in [7, 11) is 1.78. The summed E-state index contributed by atoms with van der Waals surface area (Å²) in [5.74, 6) is 2.79. The number of urea groups is 1. The smallest absolute Gasteiger partial charge is 0.315 e. The van der Waals surface area contributed by atoms with Gasteiger partial charge in [-0.25, -0.2) is 14.8 Å². The minimum atomic E-state index is -0.0601. The van der Waals surface area contributed by atoms with E-state index in [-0.39, 0.29) is 36.2 Å². The Hall–Kier alpha value is -3.01. The number of benzene rings is 1. The molecule has 3 N–H and O–H groups in total. The summed E-state index contributed by atoms with van der Waals surface area (Å²) in [6.07, 6.45) is 4.10. The Morgan fingerprint density at radius 2 is 2.02 bits per heavy atom. The number of carbonyl (C=O) groups excluding carboxylic acids is 2. The number of ketones is 1. The zero-order chi connectivity index (χ0) is 31.9. The summed E-state index contributed by atoms with van der Waals surface area (Å²) in [6.45, 7) is 4.44. The monoisotopic (exact) mass is 670 g/mol. The van der Waals surface area contributed by atoms with Crippen molar-refractivity contribution < 1.29 is 29.0 Å². The number of aromatic hydroxyl groups is 1. The number of unbranched alkanes of at least 4 members (excludes halogenated alkanes) is 1. The molecule has 46 heavy (non-hydrogen) atoms. The molecule has 12 nitrogen and oxygen atoms in total. The SMILES string of the molecule is CN(CC(=O)CCCC[C@@H]1SC[C@@H]2NC(=O)N[C@@H]21)OCCOCCc1cc2nc(-c3cccc(O)c3)nc(N3CCOCC3)c2s1. The topological polar surface area (TPSA) is 138 Å². The second-order valence-corrected chi connectivity index (χ2v) is 14.2. The van der Waals surface area contributed by atoms with Gasteiger partial charge in [-0.2, -0.15) is 16.8 Å². The van der Waals surface area contributed by atoms with Crippen molar-refractivity contribution in [2.45, 2.75) is 49.4 Å². The third kappa shape index (κ3) is 8.47. The molecule has 6 rings (SSSR count). The minimum Gasteiger partial charge on any atom is -0.508 e. The fourth-order valence-corrected chi connectivity index (χ4v) is 8.70. The van der Waals surface area contributed by atoms with E-state index >= 15 is 0 Å². The standard InChI is InChI=1S/C32H42N6O6S2/c1-37(19-23(40)6-2-3-8-27-28-26(20-45-27)34-32(41)35-28)44-16-15-42-12-9-24-18-25-29(46-24)31(38-10-13-43-14-11-38)36-30(33-25)21-5-4-7-22(39)17-21/h4-5,7,17-18,26-28,39H,2-3,6,8-16,19-20H2,1H3,(H2,34,35,41)/t26-,27-,28-/m0/s1. The first kappa shape index (κ1) is 32.9. The molecule has 3 atom stereocenters. The Morgan fingerprint density at radius 3 is 2.87 bits per heavy atom. The second-order valence-electron chi connectivity index (χ2n) is 11.8. The molecule has 3 aromatic rings. The number of thiophene rings is 1. The molecule has 14 heteroatoms. The van der Waals surface area contributed by atoms with Gasteiger partial charge in [-0.15, -0.1) is 11.3 Å². The van der Waals surface area contributed by atoms with Crippen LogP contribution in [0.15, 0.2) is 30.3 Å². The lowest BCUT2D eigenvalue weighted by Crippen LogP contribution is -2.36. The summed E-state index contributed by atoms with van der Waals surface area (Å²) in [6, 6.07) is 9.53. The first-order valence-electron chi connectivity index (χ1n) is 16.0. The second kappa shape index (κ2) is 15.7. The predicted octanol–water partition coefficient (Wildman–Crippen LogP) is 3.62. The zero-order valence-corrected chi connectivity index (χ0v) is 27.7. The molecule has 3 fully saturated rings. The lowest BCUT2D eigenvalue weighted by molar-refractivity contribution is -0.161. The molecule has 2 amide bonds. The van der Waals surface area contributed by atoms with E-state index in [0.29, 0.717) is 50.5 Å². The van der Waals surface area contributed by atoms with E-state index in [0.717, 1.165) is 71.0 Å². The van der Waals surface area contributed by atoms with Crippen molar-refractivity contribution in [3.8, 4) is 17.1 Å². The van der Waals surface area contributed by atoms with Crippen LogP contribution in [0.2, 0.25) is 0 Å². The quantitative estimate of drug-likeness (QED) is 0.117. The molecule has 3 saturated heterocycles. The average Bonchev–Trinajstić information content (AvgIpc) is 3.75. The van der Waals surface area contributed by atoms with Gasteiger partial charge in [-0.3, -0.25) is 9.63 Å². The zero-order valence-electron chi connectivity index (χ0n) is 26.1. The van der Waals surface area contributed by atoms with Crippen LogP contribution in [0.3, 0.4) is 0 Å². The highest BCUT2D eigenvalue weighted by Gasteiger charge is 2.42. The number of phenolic OH excluding ortho intramolecular Hbond substituents is 1. The molecule has 248 valence electrons. The number of ether oxygens (including phenoxy) is 2. The highest BCUT2D eigenvalue weighted by atomic mass is 32.2. The van der Waals surface area contributed by atoms with E-state index in [1.807, 2.05) is 17.8 Å². The van der Waals surface area contributed by atoms with Crippen LogP contribution < -0.4 is 15.5 Å². The number of morpholine rings is 1. The van der Waals surface area contributed by atoms with Crippen LogP contribution in [0.25, 0.3) is 21.6 Å². The van der Waals surface area contributed by atoms with Crippen molar-refractivity contribution >= 4 is 50.9 Å². The van der Waals surface area contributed by atoms with Crippen LogP contribution in [0.5, 0.6) is 5.75 Å². The number of hydrogen-bond donors (Lipinski definition) is 3. The molecule has 0 aliphatic carbocycles. The fourth-order valence-electron chi connectivity index (χ4n) is 6.06. The number of aromatic nitrogens is 2. The van der Waals surface area contributed by atoms with Crippen LogP contribution in [-0.2, 0) is 25.5 Å². The van der Waals surface area contributed by atoms with Gasteiger partial charge in [0.2, 0.25) is 0 Å². The summed E-state index contributed by atoms with van der Waals surface area (Å²) in [5, 5.41) is 18.0. The summed E-state index contributed by atoms with van der Waals surface area (Å²) in [4.78, 5) is 42.8. The number of hydroxylamine groups is 2. The van der Waals surface area contributed by atoms with E-state index in [4.69, 9.17) is 24.3 Å². The highest BCUT2D eigenvalue weighted by molar-refractivity contribution is 8.00. The van der Waals surface area contributed by atoms with E-state index in [1.165, 1.54) is 0 Å². The molecular weight excluding hydrogens is 629 g/mol. The van der Waals surface area contributed by atoms with Crippen LogP contribution in [0.4, 0.5) is 10.6 Å². The predicted molar refractivity (Wildman–Crippen MR) is 180 cm³/mol. The van der Waals surface area contributed by atoms with E-state index < -0.39 is 0 Å². The number of rotatable bonds is 16. The maximum Gasteiger partial charge on any atom is 0.315 e. The Morgan fingerprint density at radius 1 is 1.15 bits per heavy atom. The van der Waals surface area contributed by atoms with Gasteiger partial charge in [0.25, 0.3) is 0 Å². The van der Waals surface area contributed by atoms with Crippen molar-refractivity contribution in [1.82, 2.24) is 25.7 Å². The number of carbonyl (C=O) groups is 2. The van der Waals surface area contributed by atoms with Gasteiger partial charge in [0.15, 0.2) is 11.6 Å². The Kier molecular flexibility index (Phi) is 11.2. The van der Waals surface area contributed by atoms with Gasteiger partial charge in [-0.05, 0) is 31.0 Å². The number of anilines is 1. The summed E-state index contributed by atoms with van der Waals surface area (Å²) >= 11 is 3.59. The fraction of sp³-hybridized carbons (Fsp3) is 0.562. The molecule has 1 aromatic carbocycles. The van der Waals surface area contributed by atoms with Gasteiger partial charge in [0, 0.05) is 54.4 Å². The molecule has 0 bridgehead atoms. The molecule has 3 aliphatic heterocycles. The van der Waals surface area contributed by atoms with E-state index in [1.54, 1.807) is 41.6 Å². The van der Waals surface area contributed by atoms with Gasteiger partial charge in [0.1, 0.15) is 11.5 Å². The number of nitrogens with one attached hydrogen (secondary N) is 2. The number of fused-ring (bicyclic) bond motifs is 2. The van der Waals surface area contributed by atoms with Crippen molar-refractivity contribution in [2.24, 2.45) is 0 Å². The van der Waals surface area contributed by atoms with Crippen molar-refractivity contribution in [2.75, 3.05) is 70.4 Å². The highest BCUT2D eigenvalue weighted by Crippen LogP contribution is 2.35. The van der Waals surface area contributed by atoms with Crippen molar-refractivity contribution in [3.63, 3.8) is 0 Å². The lowest BCUT2D eigenvalue weighted by atomic mass is 10.0. The van der Waals surface area contributed by atoms with Gasteiger partial charge < -0.3 is 30.1 Å². The molecule has 5 heterocycles.